The van der Waals surface area contributed by atoms with E-state index in [0.29, 0.717) is 55.3 Å². The summed E-state index contributed by atoms with van der Waals surface area (Å²) in [5.41, 5.74) is 2.04. The Balaban J connectivity index is 1.38. The van der Waals surface area contributed by atoms with E-state index in [-0.39, 0.29) is 12.0 Å². The summed E-state index contributed by atoms with van der Waals surface area (Å²) in [6.45, 7) is 0.416. The van der Waals surface area contributed by atoms with Gasteiger partial charge in [0.25, 0.3) is 0 Å². The number of carboxylic acid groups (broad SMARTS) is 1. The first-order valence-electron chi connectivity index (χ1n) is 14.8. The van der Waals surface area contributed by atoms with Gasteiger partial charge in [0.1, 0.15) is 6.61 Å². The van der Waals surface area contributed by atoms with Gasteiger partial charge in [-0.25, -0.2) is 0 Å². The van der Waals surface area contributed by atoms with Gasteiger partial charge in [-0.2, -0.15) is 5.26 Å². The highest BCUT2D eigenvalue weighted by atomic mass is 16.5. The van der Waals surface area contributed by atoms with E-state index >= 15 is 0 Å². The van der Waals surface area contributed by atoms with Crippen LogP contribution in [0.4, 0.5) is 0 Å². The average Bonchev–Trinajstić information content (AvgIpc) is 3.53. The predicted octanol–water partition coefficient (Wildman–Crippen LogP) is 7.11. The van der Waals surface area contributed by atoms with Gasteiger partial charge in [0.2, 0.25) is 0 Å². The maximum absolute atomic E-state index is 12.4. The first-order chi connectivity index (χ1) is 20.4. The van der Waals surface area contributed by atoms with E-state index in [1.807, 2.05) is 66.7 Å². The minimum absolute atomic E-state index is 0.150. The van der Waals surface area contributed by atoms with Crippen LogP contribution in [0.2, 0.25) is 0 Å². The Labute approximate surface area is 248 Å². The minimum atomic E-state index is -0.820. The summed E-state index contributed by atoms with van der Waals surface area (Å²) >= 11 is 0. The molecule has 2 aliphatic rings. The number of methoxy groups -OCH3 is 2. The highest BCUT2D eigenvalue weighted by Gasteiger charge is 2.45. The molecule has 0 heterocycles. The van der Waals surface area contributed by atoms with E-state index < -0.39 is 17.3 Å². The lowest BCUT2D eigenvalue weighted by Crippen LogP contribution is -2.40. The molecule has 42 heavy (non-hydrogen) atoms. The van der Waals surface area contributed by atoms with Crippen molar-refractivity contribution in [3.63, 3.8) is 0 Å². The summed E-state index contributed by atoms with van der Waals surface area (Å²) in [4.78, 5) is 12.4. The molecule has 5 rings (SSSR count). The van der Waals surface area contributed by atoms with Crippen LogP contribution in [-0.2, 0) is 23.2 Å². The van der Waals surface area contributed by atoms with Crippen molar-refractivity contribution < 1.29 is 28.8 Å². The zero-order valence-electron chi connectivity index (χ0n) is 24.4. The lowest BCUT2D eigenvalue weighted by Gasteiger charge is -2.40. The summed E-state index contributed by atoms with van der Waals surface area (Å²) in [6.07, 6.45) is 6.32. The van der Waals surface area contributed by atoms with E-state index in [4.69, 9.17) is 18.9 Å². The number of aliphatic carboxylic acids is 1. The van der Waals surface area contributed by atoms with E-state index in [2.05, 4.69) is 6.07 Å². The van der Waals surface area contributed by atoms with E-state index in [1.54, 1.807) is 14.2 Å². The molecule has 0 aliphatic heterocycles. The lowest BCUT2D eigenvalue weighted by atomic mass is 9.62. The van der Waals surface area contributed by atoms with Gasteiger partial charge >= 0.3 is 5.97 Å². The smallest absolute Gasteiger partial charge is 0.306 e. The van der Waals surface area contributed by atoms with Gasteiger partial charge in [-0.1, -0.05) is 42.5 Å². The monoisotopic (exact) mass is 569 g/mol. The average molecular weight is 570 g/mol. The molecule has 220 valence electrons. The van der Waals surface area contributed by atoms with Gasteiger partial charge in [0.15, 0.2) is 23.0 Å². The quantitative estimate of drug-likeness (QED) is 0.263. The second-order valence-corrected chi connectivity index (χ2v) is 11.5. The molecule has 1 N–H and O–H groups in total. The topological polar surface area (TPSA) is 98.0 Å². The van der Waals surface area contributed by atoms with E-state index in [0.717, 1.165) is 42.4 Å². The van der Waals surface area contributed by atoms with E-state index in [9.17, 15) is 15.2 Å². The van der Waals surface area contributed by atoms with Gasteiger partial charge in [0.05, 0.1) is 37.7 Å². The molecule has 2 saturated carbocycles. The van der Waals surface area contributed by atoms with Crippen molar-refractivity contribution in [2.45, 2.75) is 69.5 Å². The fourth-order valence-corrected chi connectivity index (χ4v) is 6.55. The highest BCUT2D eigenvalue weighted by molar-refractivity contribution is 5.71. The van der Waals surface area contributed by atoms with Gasteiger partial charge in [-0.15, -0.1) is 0 Å². The number of carboxylic acids is 1. The number of carbonyl (C=O) groups is 1. The molecular formula is C35H39NO6. The number of nitrogens with zero attached hydrogens (tertiary/aromatic N) is 1. The SMILES string of the molecule is COc1cc(CC2CC(C#N)(c3ccc(OC)c(OC4CCCC4)c3)CCC2C(=O)O)ccc1OCc1ccccc1. The Kier molecular flexibility index (Phi) is 9.22. The number of ether oxygens (including phenoxy) is 4. The molecule has 0 saturated heterocycles. The third-order valence-electron chi connectivity index (χ3n) is 8.87. The summed E-state index contributed by atoms with van der Waals surface area (Å²) in [5.74, 6) is 0.933. The van der Waals surface area contributed by atoms with Crippen molar-refractivity contribution in [2.24, 2.45) is 11.8 Å². The standard InChI is InChI=1S/C35H39NO6/c1-39-30-15-13-27(20-33(30)42-28-10-6-7-11-28)35(23-36)17-16-29(34(37)38)26(21-35)18-25-12-14-31(32(19-25)40-2)41-22-24-8-4-3-5-9-24/h3-5,8-9,12-15,19-20,26,28-29H,6-7,10-11,16-18,21-22H2,1-2H3,(H,37,38). The van der Waals surface area contributed by atoms with E-state index in [1.165, 1.54) is 0 Å². The first kappa shape index (κ1) is 29.3. The highest BCUT2D eigenvalue weighted by Crippen LogP contribution is 2.48. The van der Waals surface area contributed by atoms with Crippen molar-refractivity contribution in [1.29, 1.82) is 5.26 Å². The molecule has 3 unspecified atom stereocenters. The number of hydrogen-bond donors (Lipinski definition) is 1. The maximum atomic E-state index is 12.4. The molecule has 0 spiro atoms. The second kappa shape index (κ2) is 13.2. The zero-order chi connectivity index (χ0) is 29.5. The maximum Gasteiger partial charge on any atom is 0.306 e. The minimum Gasteiger partial charge on any atom is -0.493 e. The molecule has 0 amide bonds. The molecule has 3 aromatic rings. The number of benzene rings is 3. The Bertz CT molecular complexity index is 1410. The van der Waals surface area contributed by atoms with Crippen molar-refractivity contribution in [3.8, 4) is 29.1 Å². The zero-order valence-corrected chi connectivity index (χ0v) is 24.4. The first-order valence-corrected chi connectivity index (χ1v) is 14.8. The third-order valence-corrected chi connectivity index (χ3v) is 8.87. The molecular weight excluding hydrogens is 530 g/mol. The van der Waals surface area contributed by atoms with Crippen LogP contribution in [-0.4, -0.2) is 31.4 Å². The van der Waals surface area contributed by atoms with Crippen LogP contribution >= 0.6 is 0 Å². The van der Waals surface area contributed by atoms with Crippen molar-refractivity contribution in [3.05, 3.63) is 83.4 Å². The van der Waals surface area contributed by atoms with Gasteiger partial charge < -0.3 is 24.1 Å². The van der Waals surface area contributed by atoms with Crippen LogP contribution in [0.3, 0.4) is 0 Å². The van der Waals surface area contributed by atoms with Crippen LogP contribution < -0.4 is 18.9 Å². The second-order valence-electron chi connectivity index (χ2n) is 11.5. The lowest BCUT2D eigenvalue weighted by molar-refractivity contribution is -0.145. The predicted molar refractivity (Wildman–Crippen MR) is 159 cm³/mol. The van der Waals surface area contributed by atoms with Crippen LogP contribution in [0.1, 0.15) is 61.6 Å². The normalized spacial score (nSPS) is 22.2. The Morgan fingerprint density at radius 3 is 2.33 bits per heavy atom. The summed E-state index contributed by atoms with van der Waals surface area (Å²) in [5, 5.41) is 20.7. The summed E-state index contributed by atoms with van der Waals surface area (Å²) in [7, 11) is 3.22. The Morgan fingerprint density at radius 1 is 0.905 bits per heavy atom. The van der Waals surface area contributed by atoms with Gasteiger partial charge in [-0.05, 0) is 98.2 Å². The molecule has 0 bridgehead atoms. The summed E-state index contributed by atoms with van der Waals surface area (Å²) in [6, 6.07) is 24.0. The molecule has 0 radical (unpaired) electrons. The number of nitriles is 1. The number of hydrogen-bond acceptors (Lipinski definition) is 6. The van der Waals surface area contributed by atoms with Crippen LogP contribution in [0.5, 0.6) is 23.0 Å². The largest absolute Gasteiger partial charge is 0.493 e. The molecule has 3 atom stereocenters. The van der Waals surface area contributed by atoms with Crippen LogP contribution in [0.15, 0.2) is 66.7 Å². The fourth-order valence-electron chi connectivity index (χ4n) is 6.55. The molecule has 3 aromatic carbocycles. The van der Waals surface area contributed by atoms with Crippen molar-refractivity contribution in [1.82, 2.24) is 0 Å². The Hall–Kier alpha value is -4.18. The molecule has 0 aromatic heterocycles. The molecule has 2 aliphatic carbocycles. The third kappa shape index (κ3) is 6.49. The Morgan fingerprint density at radius 2 is 1.64 bits per heavy atom. The van der Waals surface area contributed by atoms with Crippen LogP contribution in [0, 0.1) is 23.2 Å². The van der Waals surface area contributed by atoms with Crippen LogP contribution in [0.25, 0.3) is 0 Å². The van der Waals surface area contributed by atoms with Crippen molar-refractivity contribution in [2.75, 3.05) is 14.2 Å². The molecule has 2 fully saturated rings. The number of rotatable bonds is 11. The van der Waals surface area contributed by atoms with Gasteiger partial charge in [0, 0.05) is 0 Å². The van der Waals surface area contributed by atoms with Gasteiger partial charge in [-0.3, -0.25) is 4.79 Å². The fraction of sp³-hybridized carbons (Fsp3) is 0.429. The molecule has 7 nitrogen and oxygen atoms in total. The van der Waals surface area contributed by atoms with Crippen molar-refractivity contribution >= 4 is 5.97 Å². The molecule has 7 heteroatoms. The summed E-state index contributed by atoms with van der Waals surface area (Å²) < 4.78 is 23.6.